The van der Waals surface area contributed by atoms with Crippen molar-refractivity contribution < 1.29 is 9.90 Å². The third-order valence-electron chi connectivity index (χ3n) is 2.41. The highest BCUT2D eigenvalue weighted by Crippen LogP contribution is 2.36. The molecule has 0 unspecified atom stereocenters. The first-order valence-electron chi connectivity index (χ1n) is 4.67. The van der Waals surface area contributed by atoms with Gasteiger partial charge in [0.2, 0.25) is 0 Å². The molecule has 5 heteroatoms. The van der Waals surface area contributed by atoms with E-state index in [2.05, 4.69) is 4.98 Å². The predicted octanol–water partition coefficient (Wildman–Crippen LogP) is 0.692. The normalized spacial score (nSPS) is 18.1. The highest BCUT2D eigenvalue weighted by atomic mass is 16.4. The Labute approximate surface area is 81.5 Å². The first kappa shape index (κ1) is 9.21. The number of nitrogens with zero attached hydrogens (tertiary/aromatic N) is 2. The Morgan fingerprint density at radius 1 is 1.79 bits per heavy atom. The fourth-order valence-corrected chi connectivity index (χ4v) is 1.55. The van der Waals surface area contributed by atoms with E-state index in [9.17, 15) is 4.79 Å². The van der Waals surface area contributed by atoms with Crippen LogP contribution in [0.15, 0.2) is 12.5 Å². The lowest BCUT2D eigenvalue weighted by Gasteiger charge is -2.11. The second-order valence-corrected chi connectivity index (χ2v) is 3.66. The fraction of sp³-hybridized carbons (Fsp3) is 0.556. The summed E-state index contributed by atoms with van der Waals surface area (Å²) in [6.07, 6.45) is 5.63. The summed E-state index contributed by atoms with van der Waals surface area (Å²) in [6.45, 7) is 0. The quantitative estimate of drug-likeness (QED) is 0.740. The number of carbonyl (C=O) groups is 1. The van der Waals surface area contributed by atoms with Gasteiger partial charge in [0.1, 0.15) is 0 Å². The van der Waals surface area contributed by atoms with Crippen LogP contribution in [0.5, 0.6) is 0 Å². The van der Waals surface area contributed by atoms with E-state index in [1.165, 1.54) is 0 Å². The standard InChI is InChI=1S/C9H13N3O2/c10-7(3-9(13)14)8-4-11-5-12(8)6-1-2-6/h4-7H,1-3,10H2,(H,13,14)/t7-/m0/s1. The van der Waals surface area contributed by atoms with Crippen molar-refractivity contribution in [3.8, 4) is 0 Å². The SMILES string of the molecule is N[C@@H](CC(=O)O)c1cncn1C1CC1. The van der Waals surface area contributed by atoms with Gasteiger partial charge < -0.3 is 15.4 Å². The summed E-state index contributed by atoms with van der Waals surface area (Å²) in [6, 6.07) is 0.0444. The molecule has 2 rings (SSSR count). The molecule has 0 radical (unpaired) electrons. The minimum Gasteiger partial charge on any atom is -0.481 e. The molecule has 0 aromatic carbocycles. The molecule has 1 aliphatic rings. The Bertz CT molecular complexity index is 344. The van der Waals surface area contributed by atoms with Crippen LogP contribution in [0.2, 0.25) is 0 Å². The van der Waals surface area contributed by atoms with Crippen molar-refractivity contribution in [1.82, 2.24) is 9.55 Å². The van der Waals surface area contributed by atoms with Gasteiger partial charge in [-0.2, -0.15) is 0 Å². The van der Waals surface area contributed by atoms with Crippen molar-refractivity contribution in [2.75, 3.05) is 0 Å². The van der Waals surface area contributed by atoms with Crippen molar-refractivity contribution >= 4 is 5.97 Å². The van der Waals surface area contributed by atoms with Crippen molar-refractivity contribution in [2.24, 2.45) is 5.73 Å². The van der Waals surface area contributed by atoms with E-state index in [1.54, 1.807) is 12.5 Å². The maximum Gasteiger partial charge on any atom is 0.305 e. The largest absolute Gasteiger partial charge is 0.481 e. The topological polar surface area (TPSA) is 81.1 Å². The van der Waals surface area contributed by atoms with Crippen LogP contribution in [-0.2, 0) is 4.79 Å². The highest BCUT2D eigenvalue weighted by Gasteiger charge is 2.27. The van der Waals surface area contributed by atoms with Gasteiger partial charge in [-0.05, 0) is 12.8 Å². The first-order valence-corrected chi connectivity index (χ1v) is 4.67. The average molecular weight is 195 g/mol. The molecule has 0 aliphatic heterocycles. The molecule has 0 amide bonds. The number of hydrogen-bond acceptors (Lipinski definition) is 3. The van der Waals surface area contributed by atoms with Gasteiger partial charge in [0.25, 0.3) is 0 Å². The number of nitrogens with two attached hydrogens (primary N) is 1. The number of imidazole rings is 1. The summed E-state index contributed by atoms with van der Waals surface area (Å²) in [5.74, 6) is -0.874. The monoisotopic (exact) mass is 195 g/mol. The van der Waals surface area contributed by atoms with Crippen LogP contribution in [0.25, 0.3) is 0 Å². The molecule has 1 fully saturated rings. The number of carboxylic acids is 1. The van der Waals surface area contributed by atoms with Crippen LogP contribution >= 0.6 is 0 Å². The predicted molar refractivity (Wildman–Crippen MR) is 49.7 cm³/mol. The maximum absolute atomic E-state index is 10.5. The van der Waals surface area contributed by atoms with Gasteiger partial charge in [0, 0.05) is 12.2 Å². The Hall–Kier alpha value is -1.36. The second kappa shape index (κ2) is 3.42. The van der Waals surface area contributed by atoms with E-state index in [1.807, 2.05) is 4.57 Å². The van der Waals surface area contributed by atoms with Crippen molar-refractivity contribution in [1.29, 1.82) is 0 Å². The van der Waals surface area contributed by atoms with Crippen LogP contribution in [-0.4, -0.2) is 20.6 Å². The van der Waals surface area contributed by atoms with Gasteiger partial charge in [0.05, 0.1) is 24.5 Å². The molecule has 1 aromatic heterocycles. The second-order valence-electron chi connectivity index (χ2n) is 3.66. The zero-order valence-electron chi connectivity index (χ0n) is 7.76. The minimum absolute atomic E-state index is 0.0432. The molecular weight excluding hydrogens is 182 g/mol. The molecule has 1 heterocycles. The third-order valence-corrected chi connectivity index (χ3v) is 2.41. The van der Waals surface area contributed by atoms with E-state index < -0.39 is 12.0 Å². The summed E-state index contributed by atoms with van der Waals surface area (Å²) in [5.41, 5.74) is 6.59. The molecule has 0 bridgehead atoms. The molecule has 0 saturated heterocycles. The van der Waals surface area contributed by atoms with Gasteiger partial charge in [0.15, 0.2) is 0 Å². The van der Waals surface area contributed by atoms with Crippen LogP contribution in [0.3, 0.4) is 0 Å². The first-order chi connectivity index (χ1) is 6.68. The minimum atomic E-state index is -0.874. The van der Waals surface area contributed by atoms with E-state index in [0.29, 0.717) is 6.04 Å². The fourth-order valence-electron chi connectivity index (χ4n) is 1.55. The molecule has 1 aliphatic carbocycles. The molecule has 1 aromatic rings. The number of carboxylic acid groups (broad SMARTS) is 1. The molecule has 5 nitrogen and oxygen atoms in total. The van der Waals surface area contributed by atoms with Crippen molar-refractivity contribution in [3.63, 3.8) is 0 Å². The van der Waals surface area contributed by atoms with Crippen LogP contribution in [0, 0.1) is 0 Å². The molecule has 1 saturated carbocycles. The number of hydrogen-bond donors (Lipinski definition) is 2. The molecule has 14 heavy (non-hydrogen) atoms. The maximum atomic E-state index is 10.5. The van der Waals surface area contributed by atoms with Crippen molar-refractivity contribution in [3.05, 3.63) is 18.2 Å². The molecule has 76 valence electrons. The van der Waals surface area contributed by atoms with E-state index in [-0.39, 0.29) is 6.42 Å². The summed E-state index contributed by atoms with van der Waals surface area (Å²) in [7, 11) is 0. The number of rotatable bonds is 4. The van der Waals surface area contributed by atoms with Gasteiger partial charge >= 0.3 is 5.97 Å². The zero-order chi connectivity index (χ0) is 10.1. The number of aliphatic carboxylic acids is 1. The molecule has 1 atom stereocenters. The summed E-state index contributed by atoms with van der Waals surface area (Å²) in [4.78, 5) is 14.5. The molecule has 3 N–H and O–H groups in total. The summed E-state index contributed by atoms with van der Waals surface area (Å²) in [5, 5.41) is 8.62. The van der Waals surface area contributed by atoms with Gasteiger partial charge in [-0.25, -0.2) is 4.98 Å². The zero-order valence-corrected chi connectivity index (χ0v) is 7.76. The Morgan fingerprint density at radius 2 is 2.50 bits per heavy atom. The van der Waals surface area contributed by atoms with Crippen LogP contribution in [0.4, 0.5) is 0 Å². The highest BCUT2D eigenvalue weighted by molar-refractivity contribution is 5.67. The molecular formula is C9H13N3O2. The van der Waals surface area contributed by atoms with Crippen LogP contribution < -0.4 is 5.73 Å². The molecule has 0 spiro atoms. The van der Waals surface area contributed by atoms with Crippen LogP contribution in [0.1, 0.15) is 37.0 Å². The van der Waals surface area contributed by atoms with Crippen molar-refractivity contribution in [2.45, 2.75) is 31.3 Å². The smallest absolute Gasteiger partial charge is 0.305 e. The van der Waals surface area contributed by atoms with E-state index in [0.717, 1.165) is 18.5 Å². The summed E-state index contributed by atoms with van der Waals surface area (Å²) < 4.78 is 1.99. The Balaban J connectivity index is 2.13. The van der Waals surface area contributed by atoms with E-state index >= 15 is 0 Å². The Morgan fingerprint density at radius 3 is 3.07 bits per heavy atom. The lowest BCUT2D eigenvalue weighted by Crippen LogP contribution is -2.18. The lowest BCUT2D eigenvalue weighted by molar-refractivity contribution is -0.137. The van der Waals surface area contributed by atoms with E-state index in [4.69, 9.17) is 10.8 Å². The lowest BCUT2D eigenvalue weighted by atomic mass is 10.1. The van der Waals surface area contributed by atoms with Gasteiger partial charge in [-0.1, -0.05) is 0 Å². The average Bonchev–Trinajstić information content (AvgIpc) is 2.82. The number of aromatic nitrogens is 2. The summed E-state index contributed by atoms with van der Waals surface area (Å²) >= 11 is 0. The van der Waals surface area contributed by atoms with Gasteiger partial charge in [-0.3, -0.25) is 4.79 Å². The third kappa shape index (κ3) is 1.77. The Kier molecular flexibility index (Phi) is 2.25. The van der Waals surface area contributed by atoms with Gasteiger partial charge in [-0.15, -0.1) is 0 Å².